The van der Waals surface area contributed by atoms with Crippen molar-refractivity contribution in [1.29, 1.82) is 0 Å². The van der Waals surface area contributed by atoms with Gasteiger partial charge in [0.25, 0.3) is 0 Å². The Kier molecular flexibility index (Phi) is 5.10. The van der Waals surface area contributed by atoms with Gasteiger partial charge in [0.15, 0.2) is 0 Å². The normalized spacial score (nSPS) is 13.7. The van der Waals surface area contributed by atoms with Crippen LogP contribution in [0, 0.1) is 0 Å². The molecule has 0 aromatic heterocycles. The van der Waals surface area contributed by atoms with Crippen molar-refractivity contribution in [2.45, 2.75) is 25.9 Å². The molecule has 0 amide bonds. The lowest BCUT2D eigenvalue weighted by Crippen LogP contribution is -2.22. The van der Waals surface area contributed by atoms with Gasteiger partial charge in [-0.2, -0.15) is 0 Å². The predicted octanol–water partition coefficient (Wildman–Crippen LogP) is 4.47. The molecule has 4 heteroatoms. The number of benzene rings is 2. The summed E-state index contributed by atoms with van der Waals surface area (Å²) < 4.78 is 5.10. The average Bonchev–Trinajstić information content (AvgIpc) is 2.46. The first-order valence-electron chi connectivity index (χ1n) is 6.89. The van der Waals surface area contributed by atoms with Gasteiger partial charge in [-0.3, -0.25) is 0 Å². The maximum absolute atomic E-state index is 10.1. The van der Waals surface area contributed by atoms with Crippen LogP contribution in [0.15, 0.2) is 42.5 Å². The number of ether oxygens (including phenoxy) is 1. The highest BCUT2D eigenvalue weighted by atomic mass is 35.5. The monoisotopic (exact) mass is 305 g/mol. The first-order chi connectivity index (χ1) is 10.0. The van der Waals surface area contributed by atoms with Gasteiger partial charge >= 0.3 is 0 Å². The van der Waals surface area contributed by atoms with E-state index in [4.69, 9.17) is 16.3 Å². The summed E-state index contributed by atoms with van der Waals surface area (Å²) in [5, 5.41) is 14.3. The Morgan fingerprint density at radius 3 is 2.48 bits per heavy atom. The number of phenols is 1. The van der Waals surface area contributed by atoms with Crippen LogP contribution in [0.5, 0.6) is 11.5 Å². The van der Waals surface area contributed by atoms with Gasteiger partial charge in [-0.25, -0.2) is 0 Å². The molecule has 0 heterocycles. The maximum atomic E-state index is 10.1. The predicted molar refractivity (Wildman–Crippen MR) is 86.1 cm³/mol. The van der Waals surface area contributed by atoms with E-state index < -0.39 is 0 Å². The Morgan fingerprint density at radius 1 is 1.10 bits per heavy atom. The highest BCUT2D eigenvalue weighted by Crippen LogP contribution is 2.30. The van der Waals surface area contributed by atoms with Crippen LogP contribution in [0.3, 0.4) is 0 Å². The summed E-state index contributed by atoms with van der Waals surface area (Å²) in [5.41, 5.74) is 1.95. The van der Waals surface area contributed by atoms with Gasteiger partial charge < -0.3 is 15.2 Å². The standard InChI is InChI=1S/C17H20ClNO2/c1-11(13-5-4-6-14(18)9-13)19-12(2)16-8-7-15(21-3)10-17(16)20/h4-12,19-20H,1-3H3. The fraction of sp³-hybridized carbons (Fsp3) is 0.294. The number of phenolic OH excluding ortho intramolecular Hbond substituents is 1. The molecule has 0 bridgehead atoms. The van der Waals surface area contributed by atoms with Crippen molar-refractivity contribution in [3.8, 4) is 11.5 Å². The van der Waals surface area contributed by atoms with E-state index in [1.54, 1.807) is 13.2 Å². The van der Waals surface area contributed by atoms with Gasteiger partial charge in [-0.15, -0.1) is 0 Å². The molecule has 0 saturated heterocycles. The molecule has 2 aromatic carbocycles. The second-order valence-corrected chi connectivity index (χ2v) is 5.53. The van der Waals surface area contributed by atoms with Crippen LogP contribution in [0.1, 0.15) is 37.1 Å². The van der Waals surface area contributed by atoms with Gasteiger partial charge in [0.05, 0.1) is 7.11 Å². The highest BCUT2D eigenvalue weighted by molar-refractivity contribution is 6.30. The summed E-state index contributed by atoms with van der Waals surface area (Å²) in [6, 6.07) is 13.2. The number of nitrogens with one attached hydrogen (secondary N) is 1. The third kappa shape index (κ3) is 3.90. The quantitative estimate of drug-likeness (QED) is 0.856. The van der Waals surface area contributed by atoms with Gasteiger partial charge in [-0.1, -0.05) is 29.8 Å². The molecule has 112 valence electrons. The van der Waals surface area contributed by atoms with E-state index in [2.05, 4.69) is 12.2 Å². The molecule has 0 aliphatic heterocycles. The summed E-state index contributed by atoms with van der Waals surface area (Å²) in [7, 11) is 1.58. The van der Waals surface area contributed by atoms with Crippen molar-refractivity contribution in [2.75, 3.05) is 7.11 Å². The molecule has 2 atom stereocenters. The van der Waals surface area contributed by atoms with Gasteiger partial charge in [0.2, 0.25) is 0 Å². The third-order valence-electron chi connectivity index (χ3n) is 3.55. The minimum Gasteiger partial charge on any atom is -0.507 e. The zero-order chi connectivity index (χ0) is 15.4. The summed E-state index contributed by atoms with van der Waals surface area (Å²) in [5.74, 6) is 0.874. The summed E-state index contributed by atoms with van der Waals surface area (Å²) in [6.07, 6.45) is 0. The molecule has 2 unspecified atom stereocenters. The van der Waals surface area contributed by atoms with E-state index in [0.29, 0.717) is 5.75 Å². The molecule has 2 rings (SSSR count). The van der Waals surface area contributed by atoms with Crippen molar-refractivity contribution in [1.82, 2.24) is 5.32 Å². The van der Waals surface area contributed by atoms with E-state index in [-0.39, 0.29) is 17.8 Å². The fourth-order valence-electron chi connectivity index (χ4n) is 2.35. The van der Waals surface area contributed by atoms with E-state index in [0.717, 1.165) is 16.1 Å². The maximum Gasteiger partial charge on any atom is 0.124 e. The lowest BCUT2D eigenvalue weighted by atomic mass is 10.0. The molecule has 3 nitrogen and oxygen atoms in total. The van der Waals surface area contributed by atoms with Crippen LogP contribution >= 0.6 is 11.6 Å². The van der Waals surface area contributed by atoms with E-state index in [9.17, 15) is 5.11 Å². The molecule has 0 radical (unpaired) electrons. The summed E-state index contributed by atoms with van der Waals surface area (Å²) >= 11 is 6.02. The van der Waals surface area contributed by atoms with E-state index in [1.807, 2.05) is 43.3 Å². The number of hydrogen-bond donors (Lipinski definition) is 2. The van der Waals surface area contributed by atoms with Gasteiger partial charge in [-0.05, 0) is 37.6 Å². The van der Waals surface area contributed by atoms with Crippen molar-refractivity contribution >= 4 is 11.6 Å². The van der Waals surface area contributed by atoms with Gasteiger partial charge in [0, 0.05) is 28.7 Å². The number of aromatic hydroxyl groups is 1. The first-order valence-corrected chi connectivity index (χ1v) is 7.27. The number of rotatable bonds is 5. The lowest BCUT2D eigenvalue weighted by molar-refractivity contribution is 0.402. The Bertz CT molecular complexity index is 615. The number of hydrogen-bond acceptors (Lipinski definition) is 3. The van der Waals surface area contributed by atoms with Crippen LogP contribution in [0.4, 0.5) is 0 Å². The molecule has 0 fully saturated rings. The second kappa shape index (κ2) is 6.83. The Labute approximate surface area is 130 Å². The van der Waals surface area contributed by atoms with Crippen LogP contribution < -0.4 is 10.1 Å². The SMILES string of the molecule is COc1ccc(C(C)NC(C)c2cccc(Cl)c2)c(O)c1. The van der Waals surface area contributed by atoms with Crippen molar-refractivity contribution < 1.29 is 9.84 Å². The Morgan fingerprint density at radius 2 is 1.86 bits per heavy atom. The Balaban J connectivity index is 2.12. The topological polar surface area (TPSA) is 41.5 Å². The molecular formula is C17H20ClNO2. The Hall–Kier alpha value is -1.71. The first kappa shape index (κ1) is 15.7. The molecule has 0 spiro atoms. The molecule has 21 heavy (non-hydrogen) atoms. The van der Waals surface area contributed by atoms with Crippen molar-refractivity contribution in [3.05, 3.63) is 58.6 Å². The van der Waals surface area contributed by atoms with E-state index in [1.165, 1.54) is 0 Å². The second-order valence-electron chi connectivity index (χ2n) is 5.09. The smallest absolute Gasteiger partial charge is 0.124 e. The zero-order valence-corrected chi connectivity index (χ0v) is 13.2. The molecule has 0 aliphatic carbocycles. The van der Waals surface area contributed by atoms with Gasteiger partial charge in [0.1, 0.15) is 11.5 Å². The molecular weight excluding hydrogens is 286 g/mol. The highest BCUT2D eigenvalue weighted by Gasteiger charge is 2.15. The molecule has 2 N–H and O–H groups in total. The van der Waals surface area contributed by atoms with Crippen LogP contribution in [-0.2, 0) is 0 Å². The molecule has 0 saturated carbocycles. The summed E-state index contributed by atoms with van der Waals surface area (Å²) in [4.78, 5) is 0. The minimum atomic E-state index is 0.00453. The van der Waals surface area contributed by atoms with Crippen LogP contribution in [0.25, 0.3) is 0 Å². The molecule has 2 aromatic rings. The number of halogens is 1. The average molecular weight is 306 g/mol. The van der Waals surface area contributed by atoms with Crippen molar-refractivity contribution in [2.24, 2.45) is 0 Å². The number of methoxy groups -OCH3 is 1. The minimum absolute atomic E-state index is 0.00453. The van der Waals surface area contributed by atoms with E-state index >= 15 is 0 Å². The molecule has 0 aliphatic rings. The van der Waals surface area contributed by atoms with Crippen molar-refractivity contribution in [3.63, 3.8) is 0 Å². The van der Waals surface area contributed by atoms with Crippen LogP contribution in [0.2, 0.25) is 5.02 Å². The third-order valence-corrected chi connectivity index (χ3v) is 3.79. The zero-order valence-electron chi connectivity index (χ0n) is 12.4. The van der Waals surface area contributed by atoms with Crippen LogP contribution in [-0.4, -0.2) is 12.2 Å². The fourth-order valence-corrected chi connectivity index (χ4v) is 2.55. The lowest BCUT2D eigenvalue weighted by Gasteiger charge is -2.22. The summed E-state index contributed by atoms with van der Waals surface area (Å²) in [6.45, 7) is 4.09. The largest absolute Gasteiger partial charge is 0.507 e.